The number of alkyl carbamates (subject to hydrolysis) is 1. The van der Waals surface area contributed by atoms with E-state index in [0.29, 0.717) is 0 Å². The molecule has 3 N–H and O–H groups in total. The SMILES string of the molecule is O=C(NCCC(O)C(O)c1ccncc1F)OCC1c2ccccc2-c2ccccc21. The number of aliphatic hydroxyl groups excluding tert-OH is 2. The molecule has 1 aromatic heterocycles. The Morgan fingerprint density at radius 2 is 1.71 bits per heavy atom. The van der Waals surface area contributed by atoms with Gasteiger partial charge in [0.15, 0.2) is 0 Å². The maximum Gasteiger partial charge on any atom is 0.407 e. The Bertz CT molecular complexity index is 1030. The third kappa shape index (κ3) is 4.42. The summed E-state index contributed by atoms with van der Waals surface area (Å²) in [5.41, 5.74) is 4.49. The molecule has 4 rings (SSSR count). The lowest BCUT2D eigenvalue weighted by Gasteiger charge is -2.19. The third-order valence-electron chi connectivity index (χ3n) is 5.54. The average Bonchev–Trinajstić information content (AvgIpc) is 3.11. The monoisotopic (exact) mass is 422 g/mol. The second kappa shape index (κ2) is 9.24. The molecular formula is C24H23FN2O4. The van der Waals surface area contributed by atoms with Crippen LogP contribution in [0, 0.1) is 5.82 Å². The first-order valence-electron chi connectivity index (χ1n) is 10.1. The number of halogens is 1. The maximum atomic E-state index is 13.7. The summed E-state index contributed by atoms with van der Waals surface area (Å²) in [6.07, 6.45) is -0.923. The molecule has 31 heavy (non-hydrogen) atoms. The number of benzene rings is 2. The van der Waals surface area contributed by atoms with E-state index >= 15 is 0 Å². The average molecular weight is 422 g/mol. The van der Waals surface area contributed by atoms with E-state index < -0.39 is 24.1 Å². The van der Waals surface area contributed by atoms with Crippen molar-refractivity contribution in [3.05, 3.63) is 89.5 Å². The summed E-state index contributed by atoms with van der Waals surface area (Å²) >= 11 is 0. The lowest BCUT2D eigenvalue weighted by Crippen LogP contribution is -2.30. The number of pyridine rings is 1. The molecule has 2 unspecified atom stereocenters. The fourth-order valence-electron chi connectivity index (χ4n) is 3.96. The standard InChI is InChI=1S/C24H23FN2O4/c25-21-13-26-11-9-19(21)23(29)22(28)10-12-27-24(30)31-14-20-17-7-3-1-5-15(17)16-6-2-4-8-18(16)20/h1-9,11,13,20,22-23,28-29H,10,12,14H2,(H,27,30). The highest BCUT2D eigenvalue weighted by molar-refractivity contribution is 5.79. The normalized spacial score (nSPS) is 14.4. The Labute approximate surface area is 179 Å². The first-order valence-corrected chi connectivity index (χ1v) is 10.1. The van der Waals surface area contributed by atoms with Gasteiger partial charge in [-0.2, -0.15) is 0 Å². The van der Waals surface area contributed by atoms with Crippen LogP contribution in [-0.4, -0.2) is 40.5 Å². The van der Waals surface area contributed by atoms with Crippen molar-refractivity contribution >= 4 is 6.09 Å². The van der Waals surface area contributed by atoms with Gasteiger partial charge in [0.2, 0.25) is 0 Å². The Kier molecular flexibility index (Phi) is 6.25. The highest BCUT2D eigenvalue weighted by Crippen LogP contribution is 2.44. The van der Waals surface area contributed by atoms with Gasteiger partial charge in [0.25, 0.3) is 0 Å². The summed E-state index contributed by atoms with van der Waals surface area (Å²) in [5, 5.41) is 22.8. The van der Waals surface area contributed by atoms with Crippen LogP contribution in [0.4, 0.5) is 9.18 Å². The number of ether oxygens (including phenoxy) is 1. The summed E-state index contributed by atoms with van der Waals surface area (Å²) in [5.74, 6) is -0.737. The molecule has 1 aliphatic rings. The van der Waals surface area contributed by atoms with Crippen LogP contribution in [0.5, 0.6) is 0 Å². The minimum Gasteiger partial charge on any atom is -0.449 e. The highest BCUT2D eigenvalue weighted by atomic mass is 19.1. The van der Waals surface area contributed by atoms with E-state index in [1.807, 2.05) is 36.4 Å². The predicted molar refractivity (Wildman–Crippen MR) is 113 cm³/mol. The second-order valence-corrected chi connectivity index (χ2v) is 7.45. The van der Waals surface area contributed by atoms with Crippen molar-refractivity contribution in [2.24, 2.45) is 0 Å². The Balaban J connectivity index is 1.29. The number of amides is 1. The van der Waals surface area contributed by atoms with Gasteiger partial charge in [0, 0.05) is 24.2 Å². The van der Waals surface area contributed by atoms with E-state index in [9.17, 15) is 19.4 Å². The molecule has 0 aliphatic heterocycles. The minimum absolute atomic E-state index is 0.0348. The zero-order valence-corrected chi connectivity index (χ0v) is 16.7. The summed E-state index contributed by atoms with van der Waals surface area (Å²) in [6, 6.07) is 17.4. The molecule has 1 aliphatic carbocycles. The first-order chi connectivity index (χ1) is 15.1. The molecule has 6 nitrogen and oxygen atoms in total. The number of aliphatic hydroxyl groups is 2. The van der Waals surface area contributed by atoms with Gasteiger partial charge in [-0.25, -0.2) is 9.18 Å². The van der Waals surface area contributed by atoms with Gasteiger partial charge in [-0.15, -0.1) is 0 Å². The van der Waals surface area contributed by atoms with Gasteiger partial charge >= 0.3 is 6.09 Å². The molecule has 2 atom stereocenters. The Morgan fingerprint density at radius 3 is 2.35 bits per heavy atom. The van der Waals surface area contributed by atoms with Crippen LogP contribution >= 0.6 is 0 Å². The van der Waals surface area contributed by atoms with Crippen LogP contribution in [-0.2, 0) is 4.74 Å². The van der Waals surface area contributed by atoms with Crippen molar-refractivity contribution in [1.29, 1.82) is 0 Å². The molecule has 7 heteroatoms. The number of hydrogen-bond acceptors (Lipinski definition) is 5. The minimum atomic E-state index is -1.41. The van der Waals surface area contributed by atoms with Crippen molar-refractivity contribution in [2.75, 3.05) is 13.2 Å². The fraction of sp³-hybridized carbons (Fsp3) is 0.250. The molecule has 2 aromatic carbocycles. The van der Waals surface area contributed by atoms with Crippen LogP contribution in [0.3, 0.4) is 0 Å². The van der Waals surface area contributed by atoms with Crippen LogP contribution in [0.15, 0.2) is 67.0 Å². The Hall–Kier alpha value is -3.29. The molecule has 1 heterocycles. The van der Waals surface area contributed by atoms with Gasteiger partial charge in [-0.3, -0.25) is 4.98 Å². The van der Waals surface area contributed by atoms with E-state index in [4.69, 9.17) is 4.74 Å². The second-order valence-electron chi connectivity index (χ2n) is 7.45. The summed E-state index contributed by atoms with van der Waals surface area (Å²) < 4.78 is 19.1. The van der Waals surface area contributed by atoms with E-state index in [1.54, 1.807) is 0 Å². The smallest absolute Gasteiger partial charge is 0.407 e. The summed E-state index contributed by atoms with van der Waals surface area (Å²) in [4.78, 5) is 15.8. The van der Waals surface area contributed by atoms with Crippen molar-refractivity contribution in [3.63, 3.8) is 0 Å². The molecule has 0 saturated carbocycles. The number of carbonyl (C=O) groups excluding carboxylic acids is 1. The number of nitrogens with zero attached hydrogens (tertiary/aromatic N) is 1. The molecule has 0 fully saturated rings. The van der Waals surface area contributed by atoms with Crippen molar-refractivity contribution in [3.8, 4) is 11.1 Å². The number of fused-ring (bicyclic) bond motifs is 3. The Morgan fingerprint density at radius 1 is 1.06 bits per heavy atom. The summed E-state index contributed by atoms with van der Waals surface area (Å²) in [6.45, 7) is 0.259. The van der Waals surface area contributed by atoms with Crippen molar-refractivity contribution in [1.82, 2.24) is 10.3 Å². The van der Waals surface area contributed by atoms with Gasteiger partial charge in [0.1, 0.15) is 18.5 Å². The van der Waals surface area contributed by atoms with Gasteiger partial charge in [-0.05, 0) is 34.7 Å². The zero-order chi connectivity index (χ0) is 21.8. The molecule has 0 bridgehead atoms. The maximum absolute atomic E-state index is 13.7. The van der Waals surface area contributed by atoms with Gasteiger partial charge in [0.05, 0.1) is 12.3 Å². The van der Waals surface area contributed by atoms with Gasteiger partial charge < -0.3 is 20.3 Å². The molecule has 0 radical (unpaired) electrons. The molecular weight excluding hydrogens is 399 g/mol. The predicted octanol–water partition coefficient (Wildman–Crippen LogP) is 3.54. The molecule has 0 spiro atoms. The van der Waals surface area contributed by atoms with Crippen molar-refractivity contribution < 1.29 is 24.1 Å². The number of nitrogens with one attached hydrogen (secondary N) is 1. The van der Waals surface area contributed by atoms with Crippen molar-refractivity contribution in [2.45, 2.75) is 24.5 Å². The highest BCUT2D eigenvalue weighted by Gasteiger charge is 2.29. The third-order valence-corrected chi connectivity index (χ3v) is 5.54. The zero-order valence-electron chi connectivity index (χ0n) is 16.7. The quantitative estimate of drug-likeness (QED) is 0.542. The molecule has 1 amide bonds. The van der Waals surface area contributed by atoms with E-state index in [-0.39, 0.29) is 31.1 Å². The molecule has 0 saturated heterocycles. The summed E-state index contributed by atoms with van der Waals surface area (Å²) in [7, 11) is 0. The van der Waals surface area contributed by atoms with E-state index in [1.165, 1.54) is 12.3 Å². The first kappa shape index (κ1) is 21.0. The van der Waals surface area contributed by atoms with Gasteiger partial charge in [-0.1, -0.05) is 48.5 Å². The fourth-order valence-corrected chi connectivity index (χ4v) is 3.96. The largest absolute Gasteiger partial charge is 0.449 e. The molecule has 160 valence electrons. The number of rotatable bonds is 7. The van der Waals surface area contributed by atoms with Crippen LogP contribution in [0.25, 0.3) is 11.1 Å². The molecule has 3 aromatic rings. The van der Waals surface area contributed by atoms with Crippen LogP contribution in [0.1, 0.15) is 35.1 Å². The van der Waals surface area contributed by atoms with E-state index in [0.717, 1.165) is 28.5 Å². The topological polar surface area (TPSA) is 91.7 Å². The lowest BCUT2D eigenvalue weighted by molar-refractivity contribution is 0.0116. The lowest BCUT2D eigenvalue weighted by atomic mass is 9.98. The van der Waals surface area contributed by atoms with Crippen LogP contribution in [0.2, 0.25) is 0 Å². The number of aromatic nitrogens is 1. The van der Waals surface area contributed by atoms with E-state index in [2.05, 4.69) is 22.4 Å². The number of hydrogen-bond donors (Lipinski definition) is 3. The number of carbonyl (C=O) groups is 1. The van der Waals surface area contributed by atoms with Crippen LogP contribution < -0.4 is 5.32 Å².